The van der Waals surface area contributed by atoms with Crippen LogP contribution in [0.4, 0.5) is 0 Å². The Morgan fingerprint density at radius 2 is 2.30 bits per heavy atom. The summed E-state index contributed by atoms with van der Waals surface area (Å²) in [7, 11) is 0. The van der Waals surface area contributed by atoms with E-state index in [0.717, 1.165) is 19.3 Å². The van der Waals surface area contributed by atoms with E-state index in [1.54, 1.807) is 6.92 Å². The van der Waals surface area contributed by atoms with Gasteiger partial charge in [0.1, 0.15) is 5.78 Å². The Bertz CT molecular complexity index is 129. The highest BCUT2D eigenvalue weighted by atomic mass is 16.3. The highest BCUT2D eigenvalue weighted by Gasteiger charge is 2.25. The fourth-order valence-electron chi connectivity index (χ4n) is 1.52. The van der Waals surface area contributed by atoms with Crippen LogP contribution in [0.3, 0.4) is 0 Å². The van der Waals surface area contributed by atoms with Crippen LogP contribution in [0.5, 0.6) is 0 Å². The molecule has 0 heterocycles. The van der Waals surface area contributed by atoms with Gasteiger partial charge >= 0.3 is 0 Å². The second-order valence-corrected chi connectivity index (χ2v) is 3.06. The van der Waals surface area contributed by atoms with E-state index in [1.165, 1.54) is 0 Å². The summed E-state index contributed by atoms with van der Waals surface area (Å²) in [4.78, 5) is 11.1. The largest absolute Gasteiger partial charge is 0.393 e. The smallest absolute Gasteiger partial charge is 0.138 e. The molecule has 1 aliphatic rings. The van der Waals surface area contributed by atoms with Gasteiger partial charge in [-0.1, -0.05) is 6.42 Å². The Morgan fingerprint density at radius 1 is 1.60 bits per heavy atom. The van der Waals surface area contributed by atoms with Crippen molar-refractivity contribution in [3.63, 3.8) is 0 Å². The van der Waals surface area contributed by atoms with Crippen LogP contribution in [0, 0.1) is 5.92 Å². The maximum atomic E-state index is 11.1. The van der Waals surface area contributed by atoms with Crippen LogP contribution in [0.25, 0.3) is 0 Å². The summed E-state index contributed by atoms with van der Waals surface area (Å²) < 4.78 is 0. The minimum Gasteiger partial charge on any atom is -0.393 e. The standard InChI is InChI=1S/C8H14O2/c1-6(9)7-4-2-3-5-8(7)10/h6-7,9H,2-5H2,1H3/t6-,7-/m1/s1. The number of aliphatic hydroxyl groups excluding tert-OH is 1. The van der Waals surface area contributed by atoms with E-state index < -0.39 is 6.10 Å². The Hall–Kier alpha value is -0.370. The summed E-state index contributed by atoms with van der Waals surface area (Å²) in [6.45, 7) is 1.70. The van der Waals surface area contributed by atoms with Crippen LogP contribution in [-0.4, -0.2) is 17.0 Å². The first-order chi connectivity index (χ1) is 4.72. The van der Waals surface area contributed by atoms with E-state index in [2.05, 4.69) is 0 Å². The Morgan fingerprint density at radius 3 is 2.70 bits per heavy atom. The quantitative estimate of drug-likeness (QED) is 0.595. The molecule has 1 fully saturated rings. The molecule has 10 heavy (non-hydrogen) atoms. The highest BCUT2D eigenvalue weighted by Crippen LogP contribution is 2.22. The van der Waals surface area contributed by atoms with Gasteiger partial charge < -0.3 is 5.11 Å². The van der Waals surface area contributed by atoms with E-state index in [0.29, 0.717) is 6.42 Å². The molecular formula is C8H14O2. The van der Waals surface area contributed by atoms with Crippen molar-refractivity contribution < 1.29 is 9.90 Å². The molecule has 0 radical (unpaired) electrons. The fourth-order valence-corrected chi connectivity index (χ4v) is 1.52. The molecule has 58 valence electrons. The van der Waals surface area contributed by atoms with Gasteiger partial charge in [0.2, 0.25) is 0 Å². The van der Waals surface area contributed by atoms with Crippen molar-refractivity contribution in [3.05, 3.63) is 0 Å². The molecule has 0 aromatic rings. The lowest BCUT2D eigenvalue weighted by molar-refractivity contribution is -0.127. The lowest BCUT2D eigenvalue weighted by Crippen LogP contribution is -2.28. The zero-order chi connectivity index (χ0) is 7.56. The fraction of sp³-hybridized carbons (Fsp3) is 0.875. The van der Waals surface area contributed by atoms with Crippen molar-refractivity contribution in [2.24, 2.45) is 5.92 Å². The Labute approximate surface area is 61.2 Å². The second-order valence-electron chi connectivity index (χ2n) is 3.06. The summed E-state index contributed by atoms with van der Waals surface area (Å²) in [5, 5.41) is 9.13. The molecule has 0 amide bonds. The number of carbonyl (C=O) groups is 1. The molecule has 2 atom stereocenters. The number of Topliss-reactive ketones (excluding diaryl/α,β-unsaturated/α-hetero) is 1. The van der Waals surface area contributed by atoms with Gasteiger partial charge in [-0.15, -0.1) is 0 Å². The van der Waals surface area contributed by atoms with E-state index in [4.69, 9.17) is 5.11 Å². The summed E-state index contributed by atoms with van der Waals surface area (Å²) in [6.07, 6.45) is 3.24. The van der Waals surface area contributed by atoms with Gasteiger partial charge in [-0.3, -0.25) is 4.79 Å². The zero-order valence-electron chi connectivity index (χ0n) is 6.34. The predicted molar refractivity (Wildman–Crippen MR) is 38.6 cm³/mol. The zero-order valence-corrected chi connectivity index (χ0v) is 6.34. The van der Waals surface area contributed by atoms with Gasteiger partial charge in [0.05, 0.1) is 6.10 Å². The molecule has 0 aromatic carbocycles. The lowest BCUT2D eigenvalue weighted by Gasteiger charge is -2.22. The van der Waals surface area contributed by atoms with Gasteiger partial charge in [-0.25, -0.2) is 0 Å². The number of hydrogen-bond acceptors (Lipinski definition) is 2. The minimum absolute atomic E-state index is 0.0613. The number of carbonyl (C=O) groups excluding carboxylic acids is 1. The third kappa shape index (κ3) is 1.57. The van der Waals surface area contributed by atoms with Crippen LogP contribution in [0.15, 0.2) is 0 Å². The third-order valence-electron chi connectivity index (χ3n) is 2.18. The molecule has 1 saturated carbocycles. The average Bonchev–Trinajstić information content (AvgIpc) is 1.88. The van der Waals surface area contributed by atoms with Gasteiger partial charge in [-0.2, -0.15) is 0 Å². The van der Waals surface area contributed by atoms with Crippen molar-refractivity contribution >= 4 is 5.78 Å². The van der Waals surface area contributed by atoms with Gasteiger partial charge in [0, 0.05) is 12.3 Å². The molecule has 1 rings (SSSR count). The molecule has 0 unspecified atom stereocenters. The molecular weight excluding hydrogens is 128 g/mol. The molecule has 0 aromatic heterocycles. The summed E-state index contributed by atoms with van der Waals surface area (Å²) in [5.74, 6) is 0.190. The topological polar surface area (TPSA) is 37.3 Å². The molecule has 0 aliphatic heterocycles. The monoisotopic (exact) mass is 142 g/mol. The van der Waals surface area contributed by atoms with Gasteiger partial charge in [-0.05, 0) is 19.8 Å². The molecule has 0 saturated heterocycles. The number of aliphatic hydroxyl groups is 1. The summed E-state index contributed by atoms with van der Waals surface area (Å²) >= 11 is 0. The molecule has 1 aliphatic carbocycles. The SMILES string of the molecule is C[C@@H](O)[C@H]1CCCCC1=O. The van der Waals surface area contributed by atoms with E-state index in [-0.39, 0.29) is 11.7 Å². The van der Waals surface area contributed by atoms with E-state index >= 15 is 0 Å². The molecule has 2 heteroatoms. The first-order valence-corrected chi connectivity index (χ1v) is 3.92. The Balaban J connectivity index is 2.48. The van der Waals surface area contributed by atoms with Crippen LogP contribution in [0.1, 0.15) is 32.6 Å². The molecule has 0 bridgehead atoms. The average molecular weight is 142 g/mol. The van der Waals surface area contributed by atoms with E-state index in [1.807, 2.05) is 0 Å². The maximum Gasteiger partial charge on any atom is 0.138 e. The van der Waals surface area contributed by atoms with Crippen LogP contribution in [-0.2, 0) is 4.79 Å². The highest BCUT2D eigenvalue weighted by molar-refractivity contribution is 5.82. The van der Waals surface area contributed by atoms with Gasteiger partial charge in [0.25, 0.3) is 0 Å². The lowest BCUT2D eigenvalue weighted by atomic mass is 9.85. The Kier molecular flexibility index (Phi) is 2.44. The number of rotatable bonds is 1. The maximum absolute atomic E-state index is 11.1. The first-order valence-electron chi connectivity index (χ1n) is 3.92. The second kappa shape index (κ2) is 3.15. The van der Waals surface area contributed by atoms with E-state index in [9.17, 15) is 4.79 Å². The summed E-state index contributed by atoms with van der Waals surface area (Å²) in [5.41, 5.74) is 0. The number of ketones is 1. The van der Waals surface area contributed by atoms with Crippen molar-refractivity contribution in [1.82, 2.24) is 0 Å². The van der Waals surface area contributed by atoms with Crippen molar-refractivity contribution in [2.45, 2.75) is 38.7 Å². The van der Waals surface area contributed by atoms with Crippen LogP contribution >= 0.6 is 0 Å². The number of hydrogen-bond donors (Lipinski definition) is 1. The summed E-state index contributed by atoms with van der Waals surface area (Å²) in [6, 6.07) is 0. The normalized spacial score (nSPS) is 30.2. The predicted octanol–water partition coefficient (Wildman–Crippen LogP) is 1.13. The molecule has 1 N–H and O–H groups in total. The first kappa shape index (κ1) is 7.73. The van der Waals surface area contributed by atoms with Crippen LogP contribution in [0.2, 0.25) is 0 Å². The third-order valence-corrected chi connectivity index (χ3v) is 2.18. The molecule has 0 spiro atoms. The van der Waals surface area contributed by atoms with Crippen molar-refractivity contribution in [2.75, 3.05) is 0 Å². The van der Waals surface area contributed by atoms with Crippen LogP contribution < -0.4 is 0 Å². The van der Waals surface area contributed by atoms with Crippen molar-refractivity contribution in [3.8, 4) is 0 Å². The molecule has 2 nitrogen and oxygen atoms in total. The minimum atomic E-state index is -0.437. The van der Waals surface area contributed by atoms with Crippen molar-refractivity contribution in [1.29, 1.82) is 0 Å². The van der Waals surface area contributed by atoms with Gasteiger partial charge in [0.15, 0.2) is 0 Å².